The number of piperidine rings is 1. The van der Waals surface area contributed by atoms with Crippen molar-refractivity contribution in [3.8, 4) is 11.8 Å². The molecule has 2 fully saturated rings. The lowest BCUT2D eigenvalue weighted by Crippen LogP contribution is -2.41. The van der Waals surface area contributed by atoms with Crippen LogP contribution in [-0.2, 0) is 4.84 Å². The predicted molar refractivity (Wildman–Crippen MR) is 134 cm³/mol. The lowest BCUT2D eigenvalue weighted by molar-refractivity contribution is 0.213. The lowest BCUT2D eigenvalue weighted by Gasteiger charge is -2.31. The van der Waals surface area contributed by atoms with E-state index in [-0.39, 0.29) is 23.9 Å². The monoisotopic (exact) mass is 491 g/mol. The molecule has 0 amide bonds. The zero-order chi connectivity index (χ0) is 25.0. The van der Waals surface area contributed by atoms with Crippen molar-refractivity contribution in [3.05, 3.63) is 36.2 Å². The normalized spacial score (nSPS) is 21.5. The third-order valence-electron chi connectivity index (χ3n) is 7.01. The number of hydrogen-bond acceptors (Lipinski definition) is 10. The average Bonchev–Trinajstić information content (AvgIpc) is 3.55. The second-order valence-corrected chi connectivity index (χ2v) is 9.21. The van der Waals surface area contributed by atoms with E-state index in [2.05, 4.69) is 35.3 Å². The van der Waals surface area contributed by atoms with Gasteiger partial charge in [0.2, 0.25) is 0 Å². The molecule has 2 bridgehead atoms. The molecule has 1 aromatic carbocycles. The van der Waals surface area contributed by atoms with Crippen LogP contribution in [0, 0.1) is 11.7 Å². The Balaban J connectivity index is 1.46. The van der Waals surface area contributed by atoms with Gasteiger partial charge in [-0.1, -0.05) is 5.16 Å². The number of rotatable bonds is 6. The van der Waals surface area contributed by atoms with Crippen LogP contribution in [-0.4, -0.2) is 63.4 Å². The molecule has 1 saturated heterocycles. The fraction of sp³-hybridized carbons (Fsp3) is 0.375. The molecule has 12 heteroatoms. The molecule has 3 atom stereocenters. The summed E-state index contributed by atoms with van der Waals surface area (Å²) in [6, 6.07) is 3.56. The summed E-state index contributed by atoms with van der Waals surface area (Å²) in [5.41, 5.74) is 8.79. The third kappa shape index (κ3) is 3.65. The van der Waals surface area contributed by atoms with Crippen LogP contribution in [0.25, 0.3) is 21.9 Å². The second-order valence-electron chi connectivity index (χ2n) is 9.21. The number of halogens is 1. The molecule has 1 saturated carbocycles. The zero-order valence-electron chi connectivity index (χ0n) is 20.1. The minimum atomic E-state index is -0.339. The van der Waals surface area contributed by atoms with E-state index in [0.29, 0.717) is 45.7 Å². The van der Waals surface area contributed by atoms with Crippen LogP contribution in [0.4, 0.5) is 15.9 Å². The van der Waals surface area contributed by atoms with Gasteiger partial charge in [-0.15, -0.1) is 0 Å². The molecule has 186 valence electrons. The fourth-order valence-electron chi connectivity index (χ4n) is 5.37. The topological polar surface area (TPSA) is 139 Å². The standard InChI is InChI=1S/C24H26FN9O2/c1-11(33-35-3)21-28-8-15(9-29-21)36-24-31-22-19(16-5-13(25)6-18(27-2)20(16)30-22)23(32-24)34-10-12-4-14(34)7-17(12)26/h5-6,8-9,12,14,17,27H,4,7,10,26H2,1-3H3,(H,30,31,32). The number of aromatic nitrogens is 5. The molecule has 36 heavy (non-hydrogen) atoms. The van der Waals surface area contributed by atoms with Gasteiger partial charge in [-0.25, -0.2) is 14.4 Å². The molecule has 3 aromatic heterocycles. The number of ether oxygens (including phenoxy) is 1. The van der Waals surface area contributed by atoms with Crippen LogP contribution in [0.3, 0.4) is 0 Å². The van der Waals surface area contributed by atoms with Crippen molar-refractivity contribution in [3.63, 3.8) is 0 Å². The first-order valence-corrected chi connectivity index (χ1v) is 11.8. The molecule has 6 rings (SSSR count). The van der Waals surface area contributed by atoms with E-state index in [9.17, 15) is 4.39 Å². The number of oxime groups is 1. The number of nitrogens with one attached hydrogen (secondary N) is 2. The molecule has 2 aliphatic rings. The molecule has 0 spiro atoms. The van der Waals surface area contributed by atoms with Crippen LogP contribution in [0.2, 0.25) is 0 Å². The molecule has 3 unspecified atom stereocenters. The Hall–Kier alpha value is -4.06. The largest absolute Gasteiger partial charge is 0.421 e. The maximum absolute atomic E-state index is 14.5. The van der Waals surface area contributed by atoms with Gasteiger partial charge in [-0.3, -0.25) is 0 Å². The summed E-state index contributed by atoms with van der Waals surface area (Å²) in [6.07, 6.45) is 4.96. The van der Waals surface area contributed by atoms with Gasteiger partial charge >= 0.3 is 6.01 Å². The van der Waals surface area contributed by atoms with E-state index in [0.717, 1.165) is 30.3 Å². The molecule has 4 N–H and O–H groups in total. The van der Waals surface area contributed by atoms with Crippen molar-refractivity contribution in [1.29, 1.82) is 0 Å². The fourth-order valence-corrected chi connectivity index (χ4v) is 5.37. The second kappa shape index (κ2) is 8.55. The van der Waals surface area contributed by atoms with Gasteiger partial charge in [0.25, 0.3) is 0 Å². The van der Waals surface area contributed by atoms with Crippen molar-refractivity contribution in [2.75, 3.05) is 30.9 Å². The van der Waals surface area contributed by atoms with Crippen molar-refractivity contribution >= 4 is 39.2 Å². The van der Waals surface area contributed by atoms with Gasteiger partial charge in [-0.05, 0) is 37.8 Å². The summed E-state index contributed by atoms with van der Waals surface area (Å²) in [5.74, 6) is 1.56. The quantitative estimate of drug-likeness (QED) is 0.274. The Bertz CT molecular complexity index is 1490. The van der Waals surface area contributed by atoms with Crippen LogP contribution >= 0.6 is 0 Å². The van der Waals surface area contributed by atoms with Crippen molar-refractivity contribution in [2.24, 2.45) is 16.8 Å². The molecule has 11 nitrogen and oxygen atoms in total. The highest BCUT2D eigenvalue weighted by atomic mass is 19.1. The average molecular weight is 492 g/mol. The molecule has 1 aliphatic carbocycles. The molecular weight excluding hydrogens is 465 g/mol. The van der Waals surface area contributed by atoms with E-state index in [1.807, 2.05) is 0 Å². The Kier molecular flexibility index (Phi) is 5.32. The Morgan fingerprint density at radius 3 is 2.72 bits per heavy atom. The van der Waals surface area contributed by atoms with Crippen LogP contribution in [0.5, 0.6) is 11.8 Å². The van der Waals surface area contributed by atoms with E-state index in [1.54, 1.807) is 14.0 Å². The zero-order valence-corrected chi connectivity index (χ0v) is 20.1. The number of nitrogens with zero attached hydrogens (tertiary/aromatic N) is 6. The van der Waals surface area contributed by atoms with Gasteiger partial charge in [0.1, 0.15) is 30.1 Å². The number of hydrogen-bond donors (Lipinski definition) is 3. The summed E-state index contributed by atoms with van der Waals surface area (Å²) >= 11 is 0. The highest BCUT2D eigenvalue weighted by Gasteiger charge is 2.44. The maximum atomic E-state index is 14.5. The number of nitrogens with two attached hydrogens (primary N) is 1. The van der Waals surface area contributed by atoms with Crippen molar-refractivity contribution < 1.29 is 14.0 Å². The highest BCUT2D eigenvalue weighted by Crippen LogP contribution is 2.44. The summed E-state index contributed by atoms with van der Waals surface area (Å²) in [6.45, 7) is 2.53. The van der Waals surface area contributed by atoms with Gasteiger partial charge < -0.3 is 30.5 Å². The first kappa shape index (κ1) is 22.4. The van der Waals surface area contributed by atoms with Crippen LogP contribution < -0.4 is 20.7 Å². The minimum absolute atomic E-state index is 0.140. The highest BCUT2D eigenvalue weighted by molar-refractivity contribution is 6.14. The summed E-state index contributed by atoms with van der Waals surface area (Å²) in [5, 5.41) is 8.36. The Morgan fingerprint density at radius 2 is 2.06 bits per heavy atom. The summed E-state index contributed by atoms with van der Waals surface area (Å²) in [4.78, 5) is 28.3. The molecular formula is C24H26FN9O2. The van der Waals surface area contributed by atoms with E-state index >= 15 is 0 Å². The number of H-pyrrole nitrogens is 1. The number of benzene rings is 1. The van der Waals surface area contributed by atoms with Crippen LogP contribution in [0.15, 0.2) is 29.7 Å². The Labute approximate surface area is 205 Å². The molecule has 4 aromatic rings. The number of aromatic amines is 1. The number of anilines is 2. The third-order valence-corrected chi connectivity index (χ3v) is 7.01. The smallest absolute Gasteiger partial charge is 0.326 e. The Morgan fingerprint density at radius 1 is 1.25 bits per heavy atom. The number of fused-ring (bicyclic) bond motifs is 5. The van der Waals surface area contributed by atoms with E-state index in [1.165, 1.54) is 31.6 Å². The van der Waals surface area contributed by atoms with Crippen molar-refractivity contribution in [1.82, 2.24) is 24.9 Å². The summed E-state index contributed by atoms with van der Waals surface area (Å²) in [7, 11) is 3.22. The predicted octanol–water partition coefficient (Wildman–Crippen LogP) is 3.17. The van der Waals surface area contributed by atoms with Gasteiger partial charge in [0.15, 0.2) is 11.6 Å². The minimum Gasteiger partial charge on any atom is -0.421 e. The van der Waals surface area contributed by atoms with Gasteiger partial charge in [0, 0.05) is 31.1 Å². The SMILES string of the molecule is CNc1cc(F)cc2c1[nH]c1nc(Oc3cnc(C(C)=NOC)nc3)nc(N3CC4CC3CC4N)c12. The van der Waals surface area contributed by atoms with Crippen molar-refractivity contribution in [2.45, 2.75) is 31.8 Å². The van der Waals surface area contributed by atoms with E-state index in [4.69, 9.17) is 20.3 Å². The van der Waals surface area contributed by atoms with E-state index < -0.39 is 0 Å². The van der Waals surface area contributed by atoms with Gasteiger partial charge in [-0.2, -0.15) is 9.97 Å². The molecule has 1 aliphatic heterocycles. The summed E-state index contributed by atoms with van der Waals surface area (Å²) < 4.78 is 20.5. The van der Waals surface area contributed by atoms with Gasteiger partial charge in [0.05, 0.1) is 29.0 Å². The first-order chi connectivity index (χ1) is 17.4. The maximum Gasteiger partial charge on any atom is 0.326 e. The van der Waals surface area contributed by atoms with Crippen LogP contribution in [0.1, 0.15) is 25.6 Å². The molecule has 0 radical (unpaired) electrons. The molecule has 4 heterocycles. The first-order valence-electron chi connectivity index (χ1n) is 11.8. The lowest BCUT2D eigenvalue weighted by atomic mass is 10.0.